The second kappa shape index (κ2) is 7.29. The Morgan fingerprint density at radius 1 is 1.21 bits per heavy atom. The second-order valence-electron chi connectivity index (χ2n) is 6.83. The lowest BCUT2D eigenvalue weighted by molar-refractivity contribution is -0.151. The summed E-state index contributed by atoms with van der Waals surface area (Å²) in [7, 11) is 0. The van der Waals surface area contributed by atoms with Gasteiger partial charge in [0.25, 0.3) is 0 Å². The van der Waals surface area contributed by atoms with Crippen molar-refractivity contribution in [3.05, 3.63) is 35.4 Å². The van der Waals surface area contributed by atoms with Gasteiger partial charge in [0.15, 0.2) is 17.5 Å². The predicted molar refractivity (Wildman–Crippen MR) is 91.9 cm³/mol. The average molecular weight is 330 g/mol. The van der Waals surface area contributed by atoms with Crippen LogP contribution in [-0.2, 0) is 19.7 Å². The largest absolute Gasteiger partial charge is 0.465 e. The van der Waals surface area contributed by atoms with Gasteiger partial charge in [0.05, 0.1) is 12.0 Å². The van der Waals surface area contributed by atoms with Crippen molar-refractivity contribution < 1.29 is 19.1 Å². The van der Waals surface area contributed by atoms with Crippen LogP contribution in [0.3, 0.4) is 0 Å². The first kappa shape index (κ1) is 18.4. The highest BCUT2D eigenvalue weighted by molar-refractivity contribution is 6.28. The maximum absolute atomic E-state index is 13.3. The van der Waals surface area contributed by atoms with Gasteiger partial charge >= 0.3 is 5.97 Å². The average Bonchev–Trinajstić information content (AvgIpc) is 2.55. The van der Waals surface area contributed by atoms with Crippen molar-refractivity contribution in [3.63, 3.8) is 0 Å². The van der Waals surface area contributed by atoms with Crippen LogP contribution in [0.25, 0.3) is 0 Å². The molecule has 2 unspecified atom stereocenters. The standard InChI is InChI=1S/C20H26O4/c1-5-20(12-11-13(3)4)15-10-8-7-9-14(15)17(21)16(18(20)22)19(23)24-6-2/h7-10,13,16H,5-6,11-12H2,1-4H3. The van der Waals surface area contributed by atoms with Crippen molar-refractivity contribution in [3.8, 4) is 0 Å². The van der Waals surface area contributed by atoms with Crippen molar-refractivity contribution >= 4 is 17.5 Å². The molecule has 2 rings (SSSR count). The molecule has 0 spiro atoms. The van der Waals surface area contributed by atoms with Crippen molar-refractivity contribution in [1.82, 2.24) is 0 Å². The van der Waals surface area contributed by atoms with Crippen molar-refractivity contribution in [2.24, 2.45) is 11.8 Å². The summed E-state index contributed by atoms with van der Waals surface area (Å²) in [4.78, 5) is 38.3. The fourth-order valence-corrected chi connectivity index (χ4v) is 3.57. The molecule has 1 aromatic carbocycles. The minimum absolute atomic E-state index is 0.155. The summed E-state index contributed by atoms with van der Waals surface area (Å²) in [6.45, 7) is 8.00. The third kappa shape index (κ3) is 3.02. The fourth-order valence-electron chi connectivity index (χ4n) is 3.57. The summed E-state index contributed by atoms with van der Waals surface area (Å²) < 4.78 is 5.02. The number of rotatable bonds is 6. The maximum Gasteiger partial charge on any atom is 0.324 e. The first-order valence-electron chi connectivity index (χ1n) is 8.73. The molecule has 0 saturated heterocycles. The first-order chi connectivity index (χ1) is 11.4. The van der Waals surface area contributed by atoms with E-state index in [1.165, 1.54) is 0 Å². The van der Waals surface area contributed by atoms with Crippen LogP contribution >= 0.6 is 0 Å². The van der Waals surface area contributed by atoms with E-state index in [0.29, 0.717) is 24.3 Å². The molecule has 0 aliphatic heterocycles. The maximum atomic E-state index is 13.3. The number of hydrogen-bond acceptors (Lipinski definition) is 4. The normalized spacial score (nSPS) is 23.3. The smallest absolute Gasteiger partial charge is 0.324 e. The zero-order valence-electron chi connectivity index (χ0n) is 14.9. The van der Waals surface area contributed by atoms with Crippen LogP contribution in [0.2, 0.25) is 0 Å². The van der Waals surface area contributed by atoms with E-state index in [-0.39, 0.29) is 12.4 Å². The van der Waals surface area contributed by atoms with E-state index < -0.39 is 23.1 Å². The lowest BCUT2D eigenvalue weighted by Gasteiger charge is -2.39. The van der Waals surface area contributed by atoms with E-state index in [1.54, 1.807) is 19.1 Å². The van der Waals surface area contributed by atoms with E-state index in [1.807, 2.05) is 19.1 Å². The SMILES string of the molecule is CCOC(=O)C1C(=O)c2ccccc2C(CC)(CCC(C)C)C1=O. The fraction of sp³-hybridized carbons (Fsp3) is 0.550. The first-order valence-corrected chi connectivity index (χ1v) is 8.73. The van der Waals surface area contributed by atoms with Crippen LogP contribution in [0.1, 0.15) is 62.9 Å². The highest BCUT2D eigenvalue weighted by Gasteiger charge is 2.53. The number of esters is 1. The third-order valence-corrected chi connectivity index (χ3v) is 4.98. The number of benzene rings is 1. The molecule has 0 N–H and O–H groups in total. The molecule has 4 nitrogen and oxygen atoms in total. The lowest BCUT2D eigenvalue weighted by Crippen LogP contribution is -2.51. The number of carbonyl (C=O) groups excluding carboxylic acids is 3. The van der Waals surface area contributed by atoms with Gasteiger partial charge in [-0.15, -0.1) is 0 Å². The Labute approximate surface area is 143 Å². The molecule has 0 amide bonds. The molecule has 0 radical (unpaired) electrons. The van der Waals surface area contributed by atoms with Crippen molar-refractivity contribution in [2.45, 2.75) is 52.4 Å². The Bertz CT molecular complexity index is 647. The zero-order valence-corrected chi connectivity index (χ0v) is 14.9. The van der Waals surface area contributed by atoms with Gasteiger partial charge in [-0.1, -0.05) is 45.0 Å². The number of fused-ring (bicyclic) bond motifs is 1. The Kier molecular flexibility index (Phi) is 5.58. The van der Waals surface area contributed by atoms with Gasteiger partial charge in [-0.3, -0.25) is 14.4 Å². The quantitative estimate of drug-likeness (QED) is 0.589. The topological polar surface area (TPSA) is 60.4 Å². The van der Waals surface area contributed by atoms with Crippen LogP contribution < -0.4 is 0 Å². The highest BCUT2D eigenvalue weighted by atomic mass is 16.5. The van der Waals surface area contributed by atoms with Gasteiger partial charge in [0.2, 0.25) is 0 Å². The van der Waals surface area contributed by atoms with Gasteiger partial charge in [-0.2, -0.15) is 0 Å². The van der Waals surface area contributed by atoms with E-state index in [2.05, 4.69) is 13.8 Å². The summed E-state index contributed by atoms with van der Waals surface area (Å²) in [5, 5.41) is 0. The van der Waals surface area contributed by atoms with E-state index in [0.717, 1.165) is 12.0 Å². The van der Waals surface area contributed by atoms with E-state index >= 15 is 0 Å². The molecular weight excluding hydrogens is 304 g/mol. The lowest BCUT2D eigenvalue weighted by atomic mass is 9.61. The van der Waals surface area contributed by atoms with Gasteiger partial charge in [-0.05, 0) is 37.7 Å². The minimum Gasteiger partial charge on any atom is -0.465 e. The van der Waals surface area contributed by atoms with E-state index in [9.17, 15) is 14.4 Å². The number of hydrogen-bond donors (Lipinski definition) is 0. The molecule has 0 saturated carbocycles. The zero-order chi connectivity index (χ0) is 17.9. The molecule has 1 aliphatic carbocycles. The highest BCUT2D eigenvalue weighted by Crippen LogP contribution is 2.44. The summed E-state index contributed by atoms with van der Waals surface area (Å²) >= 11 is 0. The molecule has 0 fully saturated rings. The minimum atomic E-state index is -1.33. The monoisotopic (exact) mass is 330 g/mol. The summed E-state index contributed by atoms with van der Waals surface area (Å²) in [5.74, 6) is -2.33. The van der Waals surface area contributed by atoms with Gasteiger partial charge < -0.3 is 4.74 Å². The van der Waals surface area contributed by atoms with Gasteiger partial charge in [-0.25, -0.2) is 0 Å². The number of ketones is 2. The Morgan fingerprint density at radius 3 is 2.46 bits per heavy atom. The Balaban J connectivity index is 2.59. The molecule has 4 heteroatoms. The summed E-state index contributed by atoms with van der Waals surface area (Å²) in [6, 6.07) is 7.20. The van der Waals surface area contributed by atoms with Crippen LogP contribution in [0.4, 0.5) is 0 Å². The molecule has 24 heavy (non-hydrogen) atoms. The Hall–Kier alpha value is -1.97. The molecule has 1 aromatic rings. The predicted octanol–water partition coefficient (Wildman–Crippen LogP) is 3.72. The molecule has 2 atom stereocenters. The number of Topliss-reactive ketones (excluding diaryl/α,β-unsaturated/α-hetero) is 2. The number of carbonyl (C=O) groups is 3. The molecule has 1 aliphatic rings. The van der Waals surface area contributed by atoms with Gasteiger partial charge in [0.1, 0.15) is 0 Å². The molecule has 0 bridgehead atoms. The third-order valence-electron chi connectivity index (χ3n) is 4.98. The summed E-state index contributed by atoms with van der Waals surface area (Å²) in [5.41, 5.74) is 0.469. The number of ether oxygens (including phenoxy) is 1. The van der Waals surface area contributed by atoms with Gasteiger partial charge in [0, 0.05) is 5.56 Å². The van der Waals surface area contributed by atoms with Crippen LogP contribution in [0.15, 0.2) is 24.3 Å². The Morgan fingerprint density at radius 2 is 1.88 bits per heavy atom. The second-order valence-corrected chi connectivity index (χ2v) is 6.83. The van der Waals surface area contributed by atoms with Crippen LogP contribution in [0, 0.1) is 11.8 Å². The van der Waals surface area contributed by atoms with Crippen LogP contribution in [-0.4, -0.2) is 24.1 Å². The van der Waals surface area contributed by atoms with Crippen molar-refractivity contribution in [2.75, 3.05) is 6.61 Å². The molecule has 0 heterocycles. The molecule has 0 aromatic heterocycles. The van der Waals surface area contributed by atoms with Crippen LogP contribution in [0.5, 0.6) is 0 Å². The summed E-state index contributed by atoms with van der Waals surface area (Å²) in [6.07, 6.45) is 2.07. The van der Waals surface area contributed by atoms with E-state index in [4.69, 9.17) is 4.74 Å². The molecule has 130 valence electrons. The van der Waals surface area contributed by atoms with Crippen molar-refractivity contribution in [1.29, 1.82) is 0 Å². The molecular formula is C20H26O4.